The number of aliphatic hydroxyl groups is 7. The molecule has 7 N–H and O–H groups in total. The summed E-state index contributed by atoms with van der Waals surface area (Å²) in [6, 6.07) is 0. The van der Waals surface area contributed by atoms with Crippen molar-refractivity contribution in [3.63, 3.8) is 0 Å². The lowest BCUT2D eigenvalue weighted by molar-refractivity contribution is -0.332. The first-order valence-electron chi connectivity index (χ1n) is 24.2. The molecular weight excluding hydrogens is 853 g/mol. The van der Waals surface area contributed by atoms with Gasteiger partial charge in [0.1, 0.15) is 55.4 Å². The van der Waals surface area contributed by atoms with Gasteiger partial charge in [-0.1, -0.05) is 118 Å². The van der Waals surface area contributed by atoms with Gasteiger partial charge < -0.3 is 64.2 Å². The zero-order valence-corrected chi connectivity index (χ0v) is 39.4. The Morgan fingerprint density at radius 3 is 1.45 bits per heavy atom. The molecule has 0 bridgehead atoms. The Labute approximate surface area is 393 Å². The van der Waals surface area contributed by atoms with Gasteiger partial charge in [-0.15, -0.1) is 0 Å². The molecule has 0 aromatic rings. The lowest BCUT2D eigenvalue weighted by Crippen LogP contribution is -2.61. The van der Waals surface area contributed by atoms with Gasteiger partial charge in [0.2, 0.25) is 0 Å². The van der Waals surface area contributed by atoms with E-state index in [9.17, 15) is 45.3 Å². The SMILES string of the molecule is CC/C=C/C/C=C/C/C=C/C/C=C/CCCCC(=O)OC[C@H](CO[C@@H]1O[C@H](CO[C@@H]2O[C@H](CO)[C@H](O)C(O)C2O)[C@H](O)C(O)C1O)OC(=O)CCCCCCC/C=C/C/C=C/C/C=C/CC. The lowest BCUT2D eigenvalue weighted by atomic mass is 9.98. The van der Waals surface area contributed by atoms with Gasteiger partial charge in [0.25, 0.3) is 0 Å². The molecule has 15 heteroatoms. The van der Waals surface area contributed by atoms with Gasteiger partial charge in [0.05, 0.1) is 19.8 Å². The standard InChI is InChI=1S/C51H82O15/c1-3-5-7-9-11-13-15-17-19-21-23-25-27-29-31-33-42(53)61-36-39(64-43(54)34-32-30-28-26-24-22-20-18-16-14-12-10-8-6-4-2)37-62-50-49(60)47(58)45(56)41(66-50)38-63-51-48(59)46(57)44(55)40(35-52)65-51/h5-8,11-14,17-20,23,25,39-41,44-52,55-60H,3-4,9-10,15-16,21-22,24,26-38H2,1-2H3/b7-5+,8-6+,13-11+,14-12+,19-17+,20-18+,25-23+/t39-,40-,41-,44+,45+,46?,47?,48?,49?,50-,51-/m1/s1. The lowest BCUT2D eigenvalue weighted by Gasteiger charge is -2.42. The zero-order chi connectivity index (χ0) is 48.2. The number of unbranched alkanes of at least 4 members (excludes halogenated alkanes) is 7. The van der Waals surface area contributed by atoms with Crippen LogP contribution in [0.1, 0.15) is 129 Å². The third-order valence-electron chi connectivity index (χ3n) is 10.9. The maximum Gasteiger partial charge on any atom is 0.306 e. The number of hydrogen-bond acceptors (Lipinski definition) is 15. The van der Waals surface area contributed by atoms with Crippen molar-refractivity contribution in [1.29, 1.82) is 0 Å². The minimum Gasteiger partial charge on any atom is -0.462 e. The monoisotopic (exact) mass is 935 g/mol. The van der Waals surface area contributed by atoms with Crippen LogP contribution in [0.15, 0.2) is 85.1 Å². The second kappa shape index (κ2) is 37.6. The molecule has 2 rings (SSSR count). The number of allylic oxidation sites excluding steroid dienone is 14. The predicted molar refractivity (Wildman–Crippen MR) is 252 cm³/mol. The minimum atomic E-state index is -1.78. The number of ether oxygens (including phenoxy) is 6. The highest BCUT2D eigenvalue weighted by molar-refractivity contribution is 5.70. The molecule has 0 spiro atoms. The topological polar surface area (TPSA) is 231 Å². The fourth-order valence-corrected chi connectivity index (χ4v) is 6.93. The Morgan fingerprint density at radius 2 is 0.909 bits per heavy atom. The first-order chi connectivity index (χ1) is 32.0. The quantitative estimate of drug-likeness (QED) is 0.0218. The summed E-state index contributed by atoms with van der Waals surface area (Å²) >= 11 is 0. The van der Waals surface area contributed by atoms with Gasteiger partial charge in [-0.2, -0.15) is 0 Å². The van der Waals surface area contributed by atoms with Gasteiger partial charge in [-0.3, -0.25) is 9.59 Å². The smallest absolute Gasteiger partial charge is 0.306 e. The maximum absolute atomic E-state index is 13.0. The van der Waals surface area contributed by atoms with Crippen molar-refractivity contribution in [3.8, 4) is 0 Å². The Hall–Kier alpha value is -3.32. The van der Waals surface area contributed by atoms with Crippen molar-refractivity contribution in [2.45, 2.75) is 197 Å². The molecular formula is C51H82O15. The molecule has 0 aromatic carbocycles. The molecule has 2 aliphatic heterocycles. The van der Waals surface area contributed by atoms with Gasteiger partial charge in [0.15, 0.2) is 18.7 Å². The summed E-state index contributed by atoms with van der Waals surface area (Å²) in [5.74, 6) is -1.00. The predicted octanol–water partition coefficient (Wildman–Crippen LogP) is 6.04. The van der Waals surface area contributed by atoms with Crippen molar-refractivity contribution < 1.29 is 73.8 Å². The van der Waals surface area contributed by atoms with Crippen LogP contribution in [0.2, 0.25) is 0 Å². The fraction of sp³-hybridized carbons (Fsp3) is 0.686. The molecule has 2 fully saturated rings. The van der Waals surface area contributed by atoms with Crippen molar-refractivity contribution in [1.82, 2.24) is 0 Å². The van der Waals surface area contributed by atoms with Crippen LogP contribution in [-0.2, 0) is 38.0 Å². The number of carbonyl (C=O) groups is 2. The van der Waals surface area contributed by atoms with E-state index in [1.807, 2.05) is 0 Å². The molecule has 0 aromatic heterocycles. The second-order valence-corrected chi connectivity index (χ2v) is 16.5. The summed E-state index contributed by atoms with van der Waals surface area (Å²) in [4.78, 5) is 25.7. The van der Waals surface area contributed by atoms with Crippen molar-refractivity contribution in [2.75, 3.05) is 26.4 Å². The van der Waals surface area contributed by atoms with Crippen LogP contribution in [0.25, 0.3) is 0 Å². The van der Waals surface area contributed by atoms with Crippen LogP contribution >= 0.6 is 0 Å². The summed E-state index contributed by atoms with van der Waals surface area (Å²) in [6.07, 6.45) is 27.6. The van der Waals surface area contributed by atoms with Gasteiger partial charge >= 0.3 is 11.9 Å². The van der Waals surface area contributed by atoms with Crippen molar-refractivity contribution >= 4 is 11.9 Å². The Kier molecular flexibility index (Phi) is 33.5. The Morgan fingerprint density at radius 1 is 0.485 bits per heavy atom. The van der Waals surface area contributed by atoms with E-state index in [1.54, 1.807) is 0 Å². The summed E-state index contributed by atoms with van der Waals surface area (Å²) in [7, 11) is 0. The first-order valence-corrected chi connectivity index (χ1v) is 24.2. The maximum atomic E-state index is 13.0. The highest BCUT2D eigenvalue weighted by atomic mass is 16.7. The molecule has 2 heterocycles. The van der Waals surface area contributed by atoms with Crippen LogP contribution in [0.5, 0.6) is 0 Å². The molecule has 66 heavy (non-hydrogen) atoms. The summed E-state index contributed by atoms with van der Waals surface area (Å²) < 4.78 is 33.4. The van der Waals surface area contributed by atoms with E-state index in [0.29, 0.717) is 12.8 Å². The zero-order valence-electron chi connectivity index (χ0n) is 39.4. The van der Waals surface area contributed by atoms with Crippen LogP contribution in [-0.4, -0.2) is 142 Å². The number of aliphatic hydroxyl groups excluding tert-OH is 7. The Balaban J connectivity index is 1.86. The fourth-order valence-electron chi connectivity index (χ4n) is 6.93. The van der Waals surface area contributed by atoms with E-state index < -0.39 is 99.3 Å². The molecule has 2 saturated heterocycles. The molecule has 0 aliphatic carbocycles. The highest BCUT2D eigenvalue weighted by Crippen LogP contribution is 2.26. The summed E-state index contributed by atoms with van der Waals surface area (Å²) in [5.41, 5.74) is 0. The Bertz CT molecular complexity index is 1470. The average molecular weight is 935 g/mol. The number of rotatable bonds is 35. The number of carbonyl (C=O) groups excluding carboxylic acids is 2. The van der Waals surface area contributed by atoms with Gasteiger partial charge in [-0.25, -0.2) is 0 Å². The molecule has 11 atom stereocenters. The van der Waals surface area contributed by atoms with Crippen LogP contribution in [0.3, 0.4) is 0 Å². The molecule has 0 saturated carbocycles. The largest absolute Gasteiger partial charge is 0.462 e. The average Bonchev–Trinajstić information content (AvgIpc) is 3.31. The van der Waals surface area contributed by atoms with Crippen molar-refractivity contribution in [3.05, 3.63) is 85.1 Å². The van der Waals surface area contributed by atoms with E-state index in [-0.39, 0.29) is 19.4 Å². The number of hydrogen-bond donors (Lipinski definition) is 7. The summed E-state index contributed by atoms with van der Waals surface area (Å²) in [6.45, 7) is 2.26. The van der Waals surface area contributed by atoms with E-state index in [4.69, 9.17) is 28.4 Å². The van der Waals surface area contributed by atoms with Crippen LogP contribution in [0, 0.1) is 0 Å². The van der Waals surface area contributed by atoms with Gasteiger partial charge in [0, 0.05) is 12.8 Å². The molecule has 376 valence electrons. The normalized spacial score (nSPS) is 26.9. The van der Waals surface area contributed by atoms with E-state index >= 15 is 0 Å². The number of esters is 2. The molecule has 15 nitrogen and oxygen atoms in total. The molecule has 2 aliphatic rings. The molecule has 0 radical (unpaired) electrons. The minimum absolute atomic E-state index is 0.131. The highest BCUT2D eigenvalue weighted by Gasteiger charge is 2.47. The third-order valence-corrected chi connectivity index (χ3v) is 10.9. The van der Waals surface area contributed by atoms with E-state index in [2.05, 4.69) is 98.9 Å². The van der Waals surface area contributed by atoms with Crippen LogP contribution < -0.4 is 0 Å². The molecule has 4 unspecified atom stereocenters. The van der Waals surface area contributed by atoms with Crippen molar-refractivity contribution in [2.24, 2.45) is 0 Å². The molecule has 0 amide bonds. The van der Waals surface area contributed by atoms with Crippen LogP contribution in [0.4, 0.5) is 0 Å². The van der Waals surface area contributed by atoms with E-state index in [1.165, 1.54) is 0 Å². The third kappa shape index (κ3) is 25.7. The van der Waals surface area contributed by atoms with E-state index in [0.717, 1.165) is 89.9 Å². The van der Waals surface area contributed by atoms with Gasteiger partial charge in [-0.05, 0) is 83.5 Å². The first kappa shape index (κ1) is 58.8. The second-order valence-electron chi connectivity index (χ2n) is 16.5. The summed E-state index contributed by atoms with van der Waals surface area (Å²) in [5, 5.41) is 72.0.